The van der Waals surface area contributed by atoms with Crippen molar-refractivity contribution < 1.29 is 0 Å². The Labute approximate surface area is 65.0 Å². The molecule has 1 unspecified atom stereocenters. The van der Waals surface area contributed by atoms with E-state index in [1.807, 2.05) is 24.3 Å². The second-order valence-electron chi connectivity index (χ2n) is 2.54. The topological polar surface area (TPSA) is 50.4 Å². The molecule has 0 aromatic rings. The van der Waals surface area contributed by atoms with Crippen LogP contribution in [0.15, 0.2) is 40.7 Å². The smallest absolute Gasteiger partial charge is 0.0814 e. The number of fused-ring (bicyclic) bond motifs is 1. The van der Waals surface area contributed by atoms with Crippen molar-refractivity contribution in [3.8, 4) is 0 Å². The van der Waals surface area contributed by atoms with Crippen LogP contribution in [0.25, 0.3) is 0 Å². The number of nitrogens with one attached hydrogen (secondary N) is 1. The zero-order chi connectivity index (χ0) is 7.68. The fourth-order valence-corrected chi connectivity index (χ4v) is 1.11. The van der Waals surface area contributed by atoms with Gasteiger partial charge in [0.2, 0.25) is 0 Å². The monoisotopic (exact) mass is 147 g/mol. The molecule has 0 spiro atoms. The molecule has 0 saturated heterocycles. The largest absolute Gasteiger partial charge is 0.398 e. The minimum atomic E-state index is 0.201. The van der Waals surface area contributed by atoms with Crippen molar-refractivity contribution in [1.82, 2.24) is 5.43 Å². The molecule has 1 aliphatic heterocycles. The van der Waals surface area contributed by atoms with Gasteiger partial charge in [0.1, 0.15) is 0 Å². The van der Waals surface area contributed by atoms with E-state index in [9.17, 15) is 0 Å². The minimum absolute atomic E-state index is 0.201. The second-order valence-corrected chi connectivity index (χ2v) is 2.54. The van der Waals surface area contributed by atoms with Crippen molar-refractivity contribution in [3.63, 3.8) is 0 Å². The highest BCUT2D eigenvalue weighted by atomic mass is 15.3. The molecule has 1 atom stereocenters. The van der Waals surface area contributed by atoms with E-state index in [1.165, 1.54) is 0 Å². The Morgan fingerprint density at radius 1 is 1.55 bits per heavy atom. The van der Waals surface area contributed by atoms with Crippen LogP contribution in [0.5, 0.6) is 0 Å². The molecule has 3 nitrogen and oxygen atoms in total. The van der Waals surface area contributed by atoms with Crippen molar-refractivity contribution in [2.75, 3.05) is 0 Å². The third-order valence-electron chi connectivity index (χ3n) is 1.71. The van der Waals surface area contributed by atoms with Gasteiger partial charge in [0.25, 0.3) is 0 Å². The molecule has 1 aliphatic carbocycles. The van der Waals surface area contributed by atoms with E-state index in [0.717, 1.165) is 11.3 Å². The SMILES string of the molecule is NC1=CC=CC2C=C1C=NN2. The summed E-state index contributed by atoms with van der Waals surface area (Å²) in [7, 11) is 0. The molecule has 0 saturated carbocycles. The van der Waals surface area contributed by atoms with E-state index in [2.05, 4.69) is 10.5 Å². The summed E-state index contributed by atoms with van der Waals surface area (Å²) in [5.74, 6) is 0. The first-order chi connectivity index (χ1) is 5.36. The summed E-state index contributed by atoms with van der Waals surface area (Å²) in [6, 6.07) is 0.201. The minimum Gasteiger partial charge on any atom is -0.398 e. The molecule has 0 fully saturated rings. The fourth-order valence-electron chi connectivity index (χ4n) is 1.11. The Bertz CT molecular complexity index is 284. The summed E-state index contributed by atoms with van der Waals surface area (Å²) in [6.45, 7) is 0. The summed E-state index contributed by atoms with van der Waals surface area (Å²) in [5.41, 5.74) is 10.4. The Morgan fingerprint density at radius 3 is 3.36 bits per heavy atom. The molecular formula is C8H9N3. The summed E-state index contributed by atoms with van der Waals surface area (Å²) in [5, 5.41) is 3.96. The van der Waals surface area contributed by atoms with Gasteiger partial charge in [-0.2, -0.15) is 5.10 Å². The van der Waals surface area contributed by atoms with Crippen molar-refractivity contribution in [3.05, 3.63) is 35.6 Å². The van der Waals surface area contributed by atoms with Crippen LogP contribution >= 0.6 is 0 Å². The molecule has 0 aromatic carbocycles. The van der Waals surface area contributed by atoms with Crippen LogP contribution in [-0.2, 0) is 0 Å². The van der Waals surface area contributed by atoms with Crippen molar-refractivity contribution in [2.45, 2.75) is 6.04 Å². The molecule has 0 radical (unpaired) electrons. The first-order valence-corrected chi connectivity index (χ1v) is 3.51. The highest BCUT2D eigenvalue weighted by Crippen LogP contribution is 2.11. The van der Waals surface area contributed by atoms with Gasteiger partial charge in [0.05, 0.1) is 12.3 Å². The van der Waals surface area contributed by atoms with Gasteiger partial charge >= 0.3 is 0 Å². The molecule has 3 N–H and O–H groups in total. The van der Waals surface area contributed by atoms with E-state index < -0.39 is 0 Å². The molecule has 2 aliphatic rings. The lowest BCUT2D eigenvalue weighted by molar-refractivity contribution is 0.716. The first-order valence-electron chi connectivity index (χ1n) is 3.51. The number of hydrogen-bond acceptors (Lipinski definition) is 3. The average molecular weight is 147 g/mol. The second kappa shape index (κ2) is 2.27. The van der Waals surface area contributed by atoms with Gasteiger partial charge in [-0.1, -0.05) is 12.2 Å². The summed E-state index contributed by atoms with van der Waals surface area (Å²) < 4.78 is 0. The van der Waals surface area contributed by atoms with Crippen LogP contribution in [0.3, 0.4) is 0 Å². The van der Waals surface area contributed by atoms with E-state index in [4.69, 9.17) is 5.73 Å². The number of hydrazone groups is 1. The number of nitrogens with zero attached hydrogens (tertiary/aromatic N) is 1. The predicted octanol–water partition coefficient (Wildman–Crippen LogP) is 0.283. The van der Waals surface area contributed by atoms with Crippen LogP contribution in [0.2, 0.25) is 0 Å². The van der Waals surface area contributed by atoms with Crippen LogP contribution in [0, 0.1) is 0 Å². The Kier molecular flexibility index (Phi) is 1.28. The summed E-state index contributed by atoms with van der Waals surface area (Å²) in [6.07, 6.45) is 9.60. The van der Waals surface area contributed by atoms with Crippen LogP contribution in [0.4, 0.5) is 0 Å². The molecular weight excluding hydrogens is 138 g/mol. The molecule has 56 valence electrons. The Balaban J connectivity index is 2.42. The summed E-state index contributed by atoms with van der Waals surface area (Å²) >= 11 is 0. The van der Waals surface area contributed by atoms with Crippen LogP contribution in [-0.4, -0.2) is 12.3 Å². The van der Waals surface area contributed by atoms with Gasteiger partial charge < -0.3 is 5.73 Å². The van der Waals surface area contributed by atoms with E-state index >= 15 is 0 Å². The number of nitrogens with two attached hydrogens (primary N) is 1. The normalized spacial score (nSPS) is 26.7. The molecule has 11 heavy (non-hydrogen) atoms. The maximum absolute atomic E-state index is 5.71. The van der Waals surface area contributed by atoms with Gasteiger partial charge in [-0.05, 0) is 12.2 Å². The molecule has 3 heteroatoms. The average Bonchev–Trinajstić information content (AvgIpc) is 2.14. The maximum atomic E-state index is 5.71. The van der Waals surface area contributed by atoms with Crippen LogP contribution in [0.1, 0.15) is 0 Å². The quantitative estimate of drug-likeness (QED) is 0.517. The number of hydrogen-bond donors (Lipinski definition) is 2. The van der Waals surface area contributed by atoms with Gasteiger partial charge in [0.15, 0.2) is 0 Å². The molecule has 2 bridgehead atoms. The zero-order valence-corrected chi connectivity index (χ0v) is 5.99. The Morgan fingerprint density at radius 2 is 2.45 bits per heavy atom. The molecule has 0 amide bonds. The maximum Gasteiger partial charge on any atom is 0.0814 e. The van der Waals surface area contributed by atoms with Gasteiger partial charge in [-0.15, -0.1) is 0 Å². The zero-order valence-electron chi connectivity index (χ0n) is 5.99. The molecule has 1 heterocycles. The summed E-state index contributed by atoms with van der Waals surface area (Å²) in [4.78, 5) is 0. The lowest BCUT2D eigenvalue weighted by atomic mass is 10.1. The lowest BCUT2D eigenvalue weighted by Gasteiger charge is -2.12. The van der Waals surface area contributed by atoms with Gasteiger partial charge in [-0.25, -0.2) is 0 Å². The Hall–Kier alpha value is -1.51. The standard InChI is InChI=1S/C8H9N3/c9-8-3-1-2-7-4-6(8)5-10-11-7/h1-5,7,11H,9H2. The van der Waals surface area contributed by atoms with Crippen LogP contribution < -0.4 is 11.2 Å². The van der Waals surface area contributed by atoms with E-state index in [0.29, 0.717) is 0 Å². The van der Waals surface area contributed by atoms with Crippen molar-refractivity contribution in [2.24, 2.45) is 10.8 Å². The van der Waals surface area contributed by atoms with Crippen molar-refractivity contribution >= 4 is 6.21 Å². The number of rotatable bonds is 0. The van der Waals surface area contributed by atoms with Gasteiger partial charge in [-0.3, -0.25) is 5.43 Å². The first kappa shape index (κ1) is 6.22. The number of allylic oxidation sites excluding steroid dienone is 3. The van der Waals surface area contributed by atoms with E-state index in [1.54, 1.807) is 6.21 Å². The fraction of sp³-hybridized carbons (Fsp3) is 0.125. The highest BCUT2D eigenvalue weighted by molar-refractivity contribution is 5.85. The highest BCUT2D eigenvalue weighted by Gasteiger charge is 2.09. The third-order valence-corrected chi connectivity index (χ3v) is 1.71. The van der Waals surface area contributed by atoms with E-state index in [-0.39, 0.29) is 6.04 Å². The lowest BCUT2D eigenvalue weighted by Crippen LogP contribution is -2.24. The third kappa shape index (κ3) is 1.05. The molecule has 2 rings (SSSR count). The van der Waals surface area contributed by atoms with Gasteiger partial charge in [0, 0.05) is 11.3 Å². The predicted molar refractivity (Wildman–Crippen MR) is 44.9 cm³/mol. The molecule has 0 aromatic heterocycles. The van der Waals surface area contributed by atoms with Crippen molar-refractivity contribution in [1.29, 1.82) is 0 Å².